The number of carbonyl (C=O) groups is 1. The lowest BCUT2D eigenvalue weighted by Gasteiger charge is -2.18. The number of aromatic nitrogens is 2. The van der Waals surface area contributed by atoms with Crippen LogP contribution in [0.3, 0.4) is 0 Å². The average Bonchev–Trinajstić information content (AvgIpc) is 2.26. The summed E-state index contributed by atoms with van der Waals surface area (Å²) in [5, 5.41) is 3.01. The maximum absolute atomic E-state index is 11.6. The quantitative estimate of drug-likeness (QED) is 0.791. The molecule has 1 aromatic rings. The Morgan fingerprint density at radius 3 is 2.76 bits per heavy atom. The molecule has 0 aliphatic heterocycles. The van der Waals surface area contributed by atoms with E-state index in [0.29, 0.717) is 18.3 Å². The maximum Gasteiger partial charge on any atom is 0.328 e. The van der Waals surface area contributed by atoms with Crippen molar-refractivity contribution in [2.75, 3.05) is 12.4 Å². The third-order valence-electron chi connectivity index (χ3n) is 2.29. The zero-order chi connectivity index (χ0) is 12.8. The highest BCUT2D eigenvalue weighted by Crippen LogP contribution is 2.11. The van der Waals surface area contributed by atoms with Gasteiger partial charge in [0.05, 0.1) is 7.11 Å². The molecule has 1 unspecified atom stereocenters. The fourth-order valence-corrected chi connectivity index (χ4v) is 1.50. The number of hydrogen-bond acceptors (Lipinski definition) is 5. The predicted octanol–water partition coefficient (Wildman–Crippen LogP) is 1.78. The summed E-state index contributed by atoms with van der Waals surface area (Å²) < 4.78 is 4.76. The van der Waals surface area contributed by atoms with Gasteiger partial charge < -0.3 is 10.1 Å². The molecule has 0 aromatic carbocycles. The summed E-state index contributed by atoms with van der Waals surface area (Å²) in [6, 6.07) is 1.41. The zero-order valence-electron chi connectivity index (χ0n) is 10.7. The first-order valence-electron chi connectivity index (χ1n) is 5.67. The summed E-state index contributed by atoms with van der Waals surface area (Å²) in [7, 11) is 1.38. The number of hydrogen-bond donors (Lipinski definition) is 1. The van der Waals surface area contributed by atoms with Crippen molar-refractivity contribution in [1.82, 2.24) is 9.97 Å². The van der Waals surface area contributed by atoms with Gasteiger partial charge in [0.15, 0.2) is 0 Å². The van der Waals surface area contributed by atoms with Gasteiger partial charge >= 0.3 is 5.97 Å². The second-order valence-electron chi connectivity index (χ2n) is 4.37. The Morgan fingerprint density at radius 2 is 2.24 bits per heavy atom. The van der Waals surface area contributed by atoms with Gasteiger partial charge in [0.2, 0.25) is 5.95 Å². The van der Waals surface area contributed by atoms with Crippen LogP contribution in [0.1, 0.15) is 26.0 Å². The molecule has 0 aliphatic carbocycles. The van der Waals surface area contributed by atoms with Gasteiger partial charge in [-0.05, 0) is 25.3 Å². The minimum atomic E-state index is -0.401. The molecular formula is C12H19N3O2. The van der Waals surface area contributed by atoms with Gasteiger partial charge in [-0.25, -0.2) is 14.8 Å². The van der Waals surface area contributed by atoms with Crippen molar-refractivity contribution < 1.29 is 9.53 Å². The van der Waals surface area contributed by atoms with Crippen LogP contribution in [0, 0.1) is 12.8 Å². The molecule has 1 aromatic heterocycles. The van der Waals surface area contributed by atoms with E-state index >= 15 is 0 Å². The molecule has 0 aliphatic rings. The minimum absolute atomic E-state index is 0.288. The highest BCUT2D eigenvalue weighted by atomic mass is 16.5. The lowest BCUT2D eigenvalue weighted by atomic mass is 10.0. The second-order valence-corrected chi connectivity index (χ2v) is 4.37. The van der Waals surface area contributed by atoms with E-state index < -0.39 is 6.04 Å². The van der Waals surface area contributed by atoms with E-state index in [9.17, 15) is 4.79 Å². The molecular weight excluding hydrogens is 218 g/mol. The van der Waals surface area contributed by atoms with Crippen LogP contribution >= 0.6 is 0 Å². The number of carbonyl (C=O) groups excluding carboxylic acids is 1. The average molecular weight is 237 g/mol. The summed E-state index contributed by atoms with van der Waals surface area (Å²) in [6.07, 6.45) is 2.35. The highest BCUT2D eigenvalue weighted by Gasteiger charge is 2.21. The molecule has 0 spiro atoms. The van der Waals surface area contributed by atoms with Crippen molar-refractivity contribution in [3.63, 3.8) is 0 Å². The molecule has 1 heterocycles. The van der Waals surface area contributed by atoms with Crippen LogP contribution in [0.4, 0.5) is 5.95 Å². The van der Waals surface area contributed by atoms with Crippen molar-refractivity contribution in [3.05, 3.63) is 18.0 Å². The van der Waals surface area contributed by atoms with Gasteiger partial charge in [-0.1, -0.05) is 13.8 Å². The molecule has 0 bridgehead atoms. The van der Waals surface area contributed by atoms with Crippen LogP contribution < -0.4 is 5.32 Å². The molecule has 94 valence electrons. The van der Waals surface area contributed by atoms with Gasteiger partial charge in [-0.2, -0.15) is 0 Å². The van der Waals surface area contributed by atoms with E-state index in [1.54, 1.807) is 12.3 Å². The summed E-state index contributed by atoms with van der Waals surface area (Å²) in [4.78, 5) is 19.9. The zero-order valence-corrected chi connectivity index (χ0v) is 10.7. The van der Waals surface area contributed by atoms with Crippen molar-refractivity contribution in [1.29, 1.82) is 0 Å². The SMILES string of the molecule is COC(=O)C(CC(C)C)Nc1nccc(C)n1. The van der Waals surface area contributed by atoms with Gasteiger partial charge in [-0.15, -0.1) is 0 Å². The molecule has 0 amide bonds. The molecule has 0 saturated heterocycles. The number of anilines is 1. The van der Waals surface area contributed by atoms with E-state index in [0.717, 1.165) is 5.69 Å². The van der Waals surface area contributed by atoms with Crippen molar-refractivity contribution in [2.45, 2.75) is 33.2 Å². The number of rotatable bonds is 5. The second kappa shape index (κ2) is 6.18. The maximum atomic E-state index is 11.6. The number of aryl methyl sites for hydroxylation is 1. The minimum Gasteiger partial charge on any atom is -0.467 e. The van der Waals surface area contributed by atoms with Gasteiger partial charge in [-0.3, -0.25) is 0 Å². The Hall–Kier alpha value is -1.65. The Labute approximate surface area is 102 Å². The molecule has 0 fully saturated rings. The van der Waals surface area contributed by atoms with Gasteiger partial charge in [0.1, 0.15) is 6.04 Å². The number of nitrogens with zero attached hydrogens (tertiary/aromatic N) is 2. The van der Waals surface area contributed by atoms with E-state index in [1.165, 1.54) is 7.11 Å². The first-order chi connectivity index (χ1) is 8.02. The van der Waals surface area contributed by atoms with Crippen LogP contribution in [0.5, 0.6) is 0 Å². The molecule has 0 saturated carbocycles. The summed E-state index contributed by atoms with van der Waals surface area (Å²) in [5.74, 6) is 0.557. The van der Waals surface area contributed by atoms with E-state index in [1.807, 2.05) is 6.92 Å². The Morgan fingerprint density at radius 1 is 1.53 bits per heavy atom. The smallest absolute Gasteiger partial charge is 0.328 e. The summed E-state index contributed by atoms with van der Waals surface area (Å²) in [6.45, 7) is 5.98. The third-order valence-corrected chi connectivity index (χ3v) is 2.29. The molecule has 5 nitrogen and oxygen atoms in total. The third kappa shape index (κ3) is 4.38. The summed E-state index contributed by atoms with van der Waals surface area (Å²) in [5.41, 5.74) is 0.857. The van der Waals surface area contributed by atoms with Crippen LogP contribution in [0.15, 0.2) is 12.3 Å². The largest absolute Gasteiger partial charge is 0.467 e. The fourth-order valence-electron chi connectivity index (χ4n) is 1.50. The Balaban J connectivity index is 2.75. The first-order valence-corrected chi connectivity index (χ1v) is 5.67. The molecule has 17 heavy (non-hydrogen) atoms. The molecule has 1 N–H and O–H groups in total. The standard InChI is InChI=1S/C12H19N3O2/c1-8(2)7-10(11(16)17-4)15-12-13-6-5-9(3)14-12/h5-6,8,10H,7H2,1-4H3,(H,13,14,15). The van der Waals surface area contributed by atoms with Crippen LogP contribution in [0.25, 0.3) is 0 Å². The lowest BCUT2D eigenvalue weighted by molar-refractivity contribution is -0.141. The van der Waals surface area contributed by atoms with Crippen LogP contribution in [-0.2, 0) is 9.53 Å². The monoisotopic (exact) mass is 237 g/mol. The fraction of sp³-hybridized carbons (Fsp3) is 0.583. The van der Waals surface area contributed by atoms with Crippen molar-refractivity contribution in [3.8, 4) is 0 Å². The predicted molar refractivity (Wildman–Crippen MR) is 65.7 cm³/mol. The first kappa shape index (κ1) is 13.4. The molecule has 5 heteroatoms. The number of methoxy groups -OCH3 is 1. The highest BCUT2D eigenvalue weighted by molar-refractivity contribution is 5.78. The molecule has 0 radical (unpaired) electrons. The Bertz CT molecular complexity index is 380. The Kier molecular flexibility index (Phi) is 4.87. The van der Waals surface area contributed by atoms with Crippen molar-refractivity contribution >= 4 is 11.9 Å². The normalized spacial score (nSPS) is 12.3. The van der Waals surface area contributed by atoms with E-state index in [4.69, 9.17) is 4.74 Å². The van der Waals surface area contributed by atoms with E-state index in [-0.39, 0.29) is 5.97 Å². The van der Waals surface area contributed by atoms with Crippen LogP contribution in [-0.4, -0.2) is 29.1 Å². The lowest BCUT2D eigenvalue weighted by Crippen LogP contribution is -2.32. The van der Waals surface area contributed by atoms with Gasteiger partial charge in [0.25, 0.3) is 0 Å². The van der Waals surface area contributed by atoms with Crippen molar-refractivity contribution in [2.24, 2.45) is 5.92 Å². The molecule has 1 atom stereocenters. The topological polar surface area (TPSA) is 64.1 Å². The summed E-state index contributed by atoms with van der Waals surface area (Å²) >= 11 is 0. The van der Waals surface area contributed by atoms with Gasteiger partial charge in [0, 0.05) is 11.9 Å². The van der Waals surface area contributed by atoms with Crippen LogP contribution in [0.2, 0.25) is 0 Å². The number of esters is 1. The van der Waals surface area contributed by atoms with E-state index in [2.05, 4.69) is 29.1 Å². The number of ether oxygens (including phenoxy) is 1. The molecule has 1 rings (SSSR count). The number of nitrogens with one attached hydrogen (secondary N) is 1.